The molecule has 1 aromatic carbocycles. The molecule has 0 heterocycles. The highest BCUT2D eigenvalue weighted by atomic mass is 16.4. The van der Waals surface area contributed by atoms with E-state index in [0.717, 1.165) is 12.8 Å². The molecule has 0 spiro atoms. The second kappa shape index (κ2) is 6.16. The van der Waals surface area contributed by atoms with E-state index in [0.29, 0.717) is 0 Å². The molecule has 0 atom stereocenters. The van der Waals surface area contributed by atoms with Crippen LogP contribution in [-0.2, 0) is 11.2 Å². The minimum Gasteiger partial charge on any atom is -0.481 e. The Morgan fingerprint density at radius 3 is 2.57 bits per heavy atom. The number of hydrogen-bond donors (Lipinski definition) is 1. The Labute approximate surface area is 83.7 Å². The number of hydrogen-bond acceptors (Lipinski definition) is 1. The predicted octanol–water partition coefficient (Wildman–Crippen LogP) is 1.58. The molecule has 0 aliphatic heterocycles. The van der Waals surface area contributed by atoms with Gasteiger partial charge in [0.25, 0.3) is 0 Å². The SMILES string of the molecule is Cc1ccccc1CCCC(=O)O.O. The first-order chi connectivity index (χ1) is 6.20. The minimum atomic E-state index is -0.714. The number of carboxylic acids is 1. The number of benzene rings is 1. The molecule has 0 amide bonds. The van der Waals surface area contributed by atoms with Gasteiger partial charge in [-0.2, -0.15) is 0 Å². The van der Waals surface area contributed by atoms with Crippen molar-refractivity contribution in [2.45, 2.75) is 26.2 Å². The van der Waals surface area contributed by atoms with Crippen molar-refractivity contribution in [2.75, 3.05) is 0 Å². The molecule has 0 unspecified atom stereocenters. The van der Waals surface area contributed by atoms with Gasteiger partial charge in [-0.15, -0.1) is 0 Å². The number of aryl methyl sites for hydroxylation is 2. The normalized spacial score (nSPS) is 9.21. The van der Waals surface area contributed by atoms with Crippen molar-refractivity contribution in [2.24, 2.45) is 0 Å². The average Bonchev–Trinajstić information content (AvgIpc) is 2.08. The summed E-state index contributed by atoms with van der Waals surface area (Å²) in [6, 6.07) is 8.09. The summed E-state index contributed by atoms with van der Waals surface area (Å²) < 4.78 is 0. The van der Waals surface area contributed by atoms with Crippen LogP contribution < -0.4 is 0 Å². The Morgan fingerprint density at radius 1 is 1.36 bits per heavy atom. The van der Waals surface area contributed by atoms with E-state index >= 15 is 0 Å². The van der Waals surface area contributed by atoms with E-state index in [1.165, 1.54) is 11.1 Å². The molecule has 0 fully saturated rings. The molecule has 0 saturated heterocycles. The van der Waals surface area contributed by atoms with Crippen molar-refractivity contribution >= 4 is 5.97 Å². The molecule has 0 aromatic heterocycles. The Bertz CT molecular complexity index is 294. The van der Waals surface area contributed by atoms with E-state index in [-0.39, 0.29) is 11.9 Å². The lowest BCUT2D eigenvalue weighted by Crippen LogP contribution is -1.96. The van der Waals surface area contributed by atoms with Crippen molar-refractivity contribution in [1.82, 2.24) is 0 Å². The molecule has 3 heteroatoms. The van der Waals surface area contributed by atoms with Gasteiger partial charge in [-0.25, -0.2) is 0 Å². The maximum Gasteiger partial charge on any atom is 0.303 e. The maximum atomic E-state index is 10.3. The van der Waals surface area contributed by atoms with Gasteiger partial charge in [0.2, 0.25) is 0 Å². The summed E-state index contributed by atoms with van der Waals surface area (Å²) in [4.78, 5) is 10.3. The second-order valence-electron chi connectivity index (χ2n) is 3.17. The van der Waals surface area contributed by atoms with Gasteiger partial charge >= 0.3 is 5.97 Å². The van der Waals surface area contributed by atoms with Gasteiger partial charge in [0.1, 0.15) is 0 Å². The molecule has 1 rings (SSSR count). The standard InChI is InChI=1S/C11H14O2.H2O/c1-9-5-2-3-6-10(9)7-4-8-11(12)13;/h2-3,5-6H,4,7-8H2,1H3,(H,12,13);1H2. The molecule has 0 radical (unpaired) electrons. The Morgan fingerprint density at radius 2 is 2.00 bits per heavy atom. The van der Waals surface area contributed by atoms with Crippen LogP contribution in [0.4, 0.5) is 0 Å². The second-order valence-corrected chi connectivity index (χ2v) is 3.17. The van der Waals surface area contributed by atoms with E-state index in [1.54, 1.807) is 0 Å². The Kier molecular flexibility index (Phi) is 5.56. The third kappa shape index (κ3) is 4.05. The van der Waals surface area contributed by atoms with E-state index in [9.17, 15) is 4.79 Å². The smallest absolute Gasteiger partial charge is 0.303 e. The molecule has 14 heavy (non-hydrogen) atoms. The molecular weight excluding hydrogens is 180 g/mol. The van der Waals surface area contributed by atoms with Crippen LogP contribution >= 0.6 is 0 Å². The lowest BCUT2D eigenvalue weighted by atomic mass is 10.0. The van der Waals surface area contributed by atoms with Gasteiger partial charge in [-0.1, -0.05) is 24.3 Å². The van der Waals surface area contributed by atoms with Gasteiger partial charge < -0.3 is 10.6 Å². The largest absolute Gasteiger partial charge is 0.481 e. The lowest BCUT2D eigenvalue weighted by Gasteiger charge is -2.03. The Balaban J connectivity index is 0.00000169. The summed E-state index contributed by atoms with van der Waals surface area (Å²) in [5, 5.41) is 8.46. The van der Waals surface area contributed by atoms with E-state index < -0.39 is 5.97 Å². The summed E-state index contributed by atoms with van der Waals surface area (Å²) >= 11 is 0. The first-order valence-electron chi connectivity index (χ1n) is 4.46. The third-order valence-electron chi connectivity index (χ3n) is 2.10. The first-order valence-corrected chi connectivity index (χ1v) is 4.46. The summed E-state index contributed by atoms with van der Waals surface area (Å²) in [7, 11) is 0. The monoisotopic (exact) mass is 196 g/mol. The van der Waals surface area contributed by atoms with Crippen molar-refractivity contribution in [1.29, 1.82) is 0 Å². The molecule has 0 aliphatic rings. The molecular formula is C11H16O3. The van der Waals surface area contributed by atoms with E-state index in [4.69, 9.17) is 5.11 Å². The number of rotatable bonds is 4. The topological polar surface area (TPSA) is 68.8 Å². The molecule has 3 nitrogen and oxygen atoms in total. The van der Waals surface area contributed by atoms with Gasteiger partial charge in [-0.05, 0) is 30.9 Å². The van der Waals surface area contributed by atoms with Gasteiger partial charge in [0, 0.05) is 6.42 Å². The zero-order valence-corrected chi connectivity index (χ0v) is 8.29. The van der Waals surface area contributed by atoms with Crippen LogP contribution in [-0.4, -0.2) is 16.6 Å². The van der Waals surface area contributed by atoms with Crippen LogP contribution in [0.25, 0.3) is 0 Å². The zero-order valence-electron chi connectivity index (χ0n) is 8.29. The van der Waals surface area contributed by atoms with Gasteiger partial charge in [-0.3, -0.25) is 4.79 Å². The highest BCUT2D eigenvalue weighted by Crippen LogP contribution is 2.10. The summed E-state index contributed by atoms with van der Waals surface area (Å²) in [6.45, 7) is 2.05. The molecule has 0 bridgehead atoms. The van der Waals surface area contributed by atoms with Crippen molar-refractivity contribution < 1.29 is 15.4 Å². The van der Waals surface area contributed by atoms with Crippen molar-refractivity contribution in [3.05, 3.63) is 35.4 Å². The highest BCUT2D eigenvalue weighted by Gasteiger charge is 1.99. The van der Waals surface area contributed by atoms with Crippen LogP contribution in [0.1, 0.15) is 24.0 Å². The quantitative estimate of drug-likeness (QED) is 0.794. The Hall–Kier alpha value is -1.35. The van der Waals surface area contributed by atoms with Crippen molar-refractivity contribution in [3.8, 4) is 0 Å². The zero-order chi connectivity index (χ0) is 9.68. The first kappa shape index (κ1) is 12.7. The minimum absolute atomic E-state index is 0. The molecule has 0 aliphatic carbocycles. The molecule has 1 aromatic rings. The van der Waals surface area contributed by atoms with Gasteiger partial charge in [0.05, 0.1) is 0 Å². The lowest BCUT2D eigenvalue weighted by molar-refractivity contribution is -0.137. The number of aliphatic carboxylic acids is 1. The summed E-state index contributed by atoms with van der Waals surface area (Å²) in [5.74, 6) is -0.714. The summed E-state index contributed by atoms with van der Waals surface area (Å²) in [5.41, 5.74) is 2.50. The van der Waals surface area contributed by atoms with Crippen LogP contribution in [0.5, 0.6) is 0 Å². The van der Waals surface area contributed by atoms with Crippen LogP contribution in [0.3, 0.4) is 0 Å². The van der Waals surface area contributed by atoms with E-state index in [2.05, 4.69) is 19.1 Å². The van der Waals surface area contributed by atoms with Crippen molar-refractivity contribution in [3.63, 3.8) is 0 Å². The van der Waals surface area contributed by atoms with Crippen LogP contribution in [0.15, 0.2) is 24.3 Å². The fourth-order valence-corrected chi connectivity index (χ4v) is 1.32. The molecule has 3 N–H and O–H groups in total. The number of carboxylic acid groups (broad SMARTS) is 1. The van der Waals surface area contributed by atoms with Crippen LogP contribution in [0, 0.1) is 6.92 Å². The molecule has 78 valence electrons. The average molecular weight is 196 g/mol. The third-order valence-corrected chi connectivity index (χ3v) is 2.10. The fraction of sp³-hybridized carbons (Fsp3) is 0.364. The number of carbonyl (C=O) groups is 1. The predicted molar refractivity (Wildman–Crippen MR) is 55.4 cm³/mol. The highest BCUT2D eigenvalue weighted by molar-refractivity contribution is 5.66. The van der Waals surface area contributed by atoms with Gasteiger partial charge in [0.15, 0.2) is 0 Å². The maximum absolute atomic E-state index is 10.3. The summed E-state index contributed by atoms with van der Waals surface area (Å²) in [6.07, 6.45) is 1.84. The molecule has 0 saturated carbocycles. The van der Waals surface area contributed by atoms with Crippen LogP contribution in [0.2, 0.25) is 0 Å². The fourth-order valence-electron chi connectivity index (χ4n) is 1.32. The van der Waals surface area contributed by atoms with E-state index in [1.807, 2.05) is 12.1 Å².